The Hall–Kier alpha value is -1.27. The van der Waals surface area contributed by atoms with Crippen LogP contribution in [0.2, 0.25) is 0 Å². The summed E-state index contributed by atoms with van der Waals surface area (Å²) in [5.41, 5.74) is 5.18. The van der Waals surface area contributed by atoms with Gasteiger partial charge in [0.1, 0.15) is 5.82 Å². The average molecular weight is 309 g/mol. The molecule has 1 aliphatic carbocycles. The van der Waals surface area contributed by atoms with Crippen molar-refractivity contribution < 1.29 is 18.0 Å². The molecule has 0 aliphatic heterocycles. The van der Waals surface area contributed by atoms with Gasteiger partial charge in [-0.3, -0.25) is 4.79 Å². The fraction of sp³-hybridized carbons (Fsp3) is 0.462. The van der Waals surface area contributed by atoms with Gasteiger partial charge >= 0.3 is 5.92 Å². The summed E-state index contributed by atoms with van der Waals surface area (Å²) in [6.45, 7) is 0.0281. The van der Waals surface area contributed by atoms with E-state index in [4.69, 9.17) is 5.73 Å². The van der Waals surface area contributed by atoms with Crippen LogP contribution >= 0.6 is 12.4 Å². The SMILES string of the molecule is Cl.NC(CNC(=O)C(F)(F)c1ccc(F)cc1)C1CC1. The lowest BCUT2D eigenvalue weighted by Crippen LogP contribution is -2.44. The minimum atomic E-state index is -3.68. The van der Waals surface area contributed by atoms with Crippen LogP contribution in [0.25, 0.3) is 0 Å². The monoisotopic (exact) mass is 308 g/mol. The van der Waals surface area contributed by atoms with Gasteiger partial charge < -0.3 is 11.1 Å². The minimum absolute atomic E-state index is 0. The van der Waals surface area contributed by atoms with Gasteiger partial charge in [0.25, 0.3) is 5.91 Å². The molecular formula is C13H16ClF3N2O. The van der Waals surface area contributed by atoms with Crippen LogP contribution in [0.4, 0.5) is 13.2 Å². The van der Waals surface area contributed by atoms with Gasteiger partial charge in [0.05, 0.1) is 0 Å². The molecule has 0 aromatic heterocycles. The van der Waals surface area contributed by atoms with E-state index in [-0.39, 0.29) is 25.0 Å². The summed E-state index contributed by atoms with van der Waals surface area (Å²) in [6.07, 6.45) is 1.96. The Balaban J connectivity index is 0.00000200. The molecule has 1 aromatic carbocycles. The molecule has 1 aliphatic rings. The second kappa shape index (κ2) is 6.45. The molecule has 0 saturated heterocycles. The molecular weight excluding hydrogens is 293 g/mol. The number of halogens is 4. The third kappa shape index (κ3) is 3.86. The first-order valence-corrected chi connectivity index (χ1v) is 6.09. The van der Waals surface area contributed by atoms with E-state index >= 15 is 0 Å². The van der Waals surface area contributed by atoms with Crippen molar-refractivity contribution in [1.29, 1.82) is 0 Å². The van der Waals surface area contributed by atoms with Gasteiger partial charge in [-0.15, -0.1) is 12.4 Å². The van der Waals surface area contributed by atoms with Crippen LogP contribution in [0.3, 0.4) is 0 Å². The fourth-order valence-corrected chi connectivity index (χ4v) is 1.80. The number of nitrogens with one attached hydrogen (secondary N) is 1. The molecule has 0 radical (unpaired) electrons. The first-order valence-electron chi connectivity index (χ1n) is 6.09. The fourth-order valence-electron chi connectivity index (χ4n) is 1.80. The lowest BCUT2D eigenvalue weighted by molar-refractivity contribution is -0.147. The molecule has 1 fully saturated rings. The molecule has 20 heavy (non-hydrogen) atoms. The minimum Gasteiger partial charge on any atom is -0.349 e. The highest BCUT2D eigenvalue weighted by Crippen LogP contribution is 2.32. The standard InChI is InChI=1S/C13H15F3N2O.ClH/c14-10-5-3-9(4-6-10)13(15,16)12(19)18-7-11(17)8-1-2-8;/h3-6,8,11H,1-2,7,17H2,(H,18,19);1H. The van der Waals surface area contributed by atoms with Crippen LogP contribution in [-0.2, 0) is 10.7 Å². The van der Waals surface area contributed by atoms with Gasteiger partial charge in [-0.25, -0.2) is 4.39 Å². The van der Waals surface area contributed by atoms with Gasteiger partial charge in [0.15, 0.2) is 0 Å². The molecule has 1 aromatic rings. The summed E-state index contributed by atoms with van der Waals surface area (Å²) >= 11 is 0. The Morgan fingerprint density at radius 1 is 1.35 bits per heavy atom. The van der Waals surface area contributed by atoms with Crippen LogP contribution in [0.1, 0.15) is 18.4 Å². The number of hydrogen-bond acceptors (Lipinski definition) is 2. The third-order valence-corrected chi connectivity index (χ3v) is 3.22. The summed E-state index contributed by atoms with van der Waals surface area (Å²) in [5, 5.41) is 2.15. The highest BCUT2D eigenvalue weighted by molar-refractivity contribution is 5.85. The van der Waals surface area contributed by atoms with E-state index in [0.29, 0.717) is 5.92 Å². The molecule has 1 unspecified atom stereocenters. The quantitative estimate of drug-likeness (QED) is 0.876. The highest BCUT2D eigenvalue weighted by atomic mass is 35.5. The van der Waals surface area contributed by atoms with Gasteiger partial charge in [-0.1, -0.05) is 0 Å². The van der Waals surface area contributed by atoms with Crippen LogP contribution in [0.5, 0.6) is 0 Å². The van der Waals surface area contributed by atoms with Gasteiger partial charge in [0, 0.05) is 18.2 Å². The van der Waals surface area contributed by atoms with Gasteiger partial charge in [-0.2, -0.15) is 8.78 Å². The highest BCUT2D eigenvalue weighted by Gasteiger charge is 2.41. The van der Waals surface area contributed by atoms with E-state index in [0.717, 1.165) is 37.1 Å². The van der Waals surface area contributed by atoms with Crippen LogP contribution < -0.4 is 11.1 Å². The van der Waals surface area contributed by atoms with Crippen molar-refractivity contribution in [3.8, 4) is 0 Å². The van der Waals surface area contributed by atoms with Crippen molar-refractivity contribution in [3.63, 3.8) is 0 Å². The summed E-state index contributed by atoms with van der Waals surface area (Å²) in [6, 6.07) is 3.30. The smallest absolute Gasteiger partial charge is 0.349 e. The Bertz CT molecular complexity index is 463. The zero-order valence-electron chi connectivity index (χ0n) is 10.6. The number of benzene rings is 1. The van der Waals surface area contributed by atoms with E-state index in [2.05, 4.69) is 5.32 Å². The average Bonchev–Trinajstić information content (AvgIpc) is 3.20. The van der Waals surface area contributed by atoms with Gasteiger partial charge in [0.2, 0.25) is 0 Å². The van der Waals surface area contributed by atoms with Crippen molar-refractivity contribution in [2.24, 2.45) is 11.7 Å². The Morgan fingerprint density at radius 2 is 1.90 bits per heavy atom. The molecule has 2 rings (SSSR count). The Morgan fingerprint density at radius 3 is 2.40 bits per heavy atom. The first kappa shape index (κ1) is 16.8. The maximum absolute atomic E-state index is 13.8. The summed E-state index contributed by atoms with van der Waals surface area (Å²) in [7, 11) is 0. The van der Waals surface area contributed by atoms with E-state index in [1.807, 2.05) is 0 Å². The molecule has 0 spiro atoms. The zero-order valence-corrected chi connectivity index (χ0v) is 11.4. The molecule has 7 heteroatoms. The van der Waals surface area contributed by atoms with Gasteiger partial charge in [-0.05, 0) is 43.0 Å². The van der Waals surface area contributed by atoms with E-state index in [1.54, 1.807) is 0 Å². The largest absolute Gasteiger partial charge is 0.349 e. The molecule has 0 heterocycles. The number of rotatable bonds is 5. The summed E-state index contributed by atoms with van der Waals surface area (Å²) < 4.78 is 40.2. The number of hydrogen-bond donors (Lipinski definition) is 2. The number of alkyl halides is 2. The lowest BCUT2D eigenvalue weighted by Gasteiger charge is -2.18. The second-order valence-electron chi connectivity index (χ2n) is 4.79. The van der Waals surface area contributed by atoms with Crippen LogP contribution in [0.15, 0.2) is 24.3 Å². The summed E-state index contributed by atoms with van der Waals surface area (Å²) in [4.78, 5) is 11.5. The number of amides is 1. The first-order chi connectivity index (χ1) is 8.91. The van der Waals surface area contributed by atoms with Crippen molar-refractivity contribution in [3.05, 3.63) is 35.6 Å². The number of nitrogens with two attached hydrogens (primary N) is 1. The Kier molecular flexibility index (Phi) is 5.42. The van der Waals surface area contributed by atoms with Crippen molar-refractivity contribution in [2.45, 2.75) is 24.8 Å². The predicted octanol–water partition coefficient (Wildman–Crippen LogP) is 2.19. The number of carbonyl (C=O) groups excluding carboxylic acids is 1. The van der Waals surface area contributed by atoms with E-state index in [9.17, 15) is 18.0 Å². The molecule has 3 N–H and O–H groups in total. The lowest BCUT2D eigenvalue weighted by atomic mass is 10.1. The molecule has 1 amide bonds. The maximum atomic E-state index is 13.8. The normalized spacial score (nSPS) is 16.2. The topological polar surface area (TPSA) is 55.1 Å². The number of carbonyl (C=O) groups is 1. The zero-order chi connectivity index (χ0) is 14.0. The Labute approximate surface area is 121 Å². The van der Waals surface area contributed by atoms with Crippen molar-refractivity contribution in [2.75, 3.05) is 6.54 Å². The third-order valence-electron chi connectivity index (χ3n) is 3.22. The van der Waals surface area contributed by atoms with Crippen molar-refractivity contribution in [1.82, 2.24) is 5.32 Å². The second-order valence-corrected chi connectivity index (χ2v) is 4.79. The summed E-state index contributed by atoms with van der Waals surface area (Å²) in [5.74, 6) is -5.40. The maximum Gasteiger partial charge on any atom is 0.349 e. The van der Waals surface area contributed by atoms with Crippen LogP contribution in [0, 0.1) is 11.7 Å². The molecule has 0 bridgehead atoms. The molecule has 112 valence electrons. The van der Waals surface area contributed by atoms with E-state index in [1.165, 1.54) is 0 Å². The molecule has 1 saturated carbocycles. The predicted molar refractivity (Wildman–Crippen MR) is 71.3 cm³/mol. The van der Waals surface area contributed by atoms with E-state index < -0.39 is 23.2 Å². The molecule has 3 nitrogen and oxygen atoms in total. The van der Waals surface area contributed by atoms with Crippen molar-refractivity contribution >= 4 is 18.3 Å². The molecule has 1 atom stereocenters. The van der Waals surface area contributed by atoms with Crippen LogP contribution in [-0.4, -0.2) is 18.5 Å².